The van der Waals surface area contributed by atoms with Gasteiger partial charge in [0, 0.05) is 31.0 Å². The van der Waals surface area contributed by atoms with E-state index in [0.29, 0.717) is 12.1 Å². The third kappa shape index (κ3) is 4.90. The molecule has 0 aliphatic heterocycles. The van der Waals surface area contributed by atoms with E-state index >= 15 is 0 Å². The van der Waals surface area contributed by atoms with Gasteiger partial charge >= 0.3 is 0 Å². The highest BCUT2D eigenvalue weighted by atomic mass is 16.5. The maximum absolute atomic E-state index is 5.61. The molecule has 1 N–H and O–H groups in total. The van der Waals surface area contributed by atoms with Crippen LogP contribution in [0.5, 0.6) is 5.75 Å². The summed E-state index contributed by atoms with van der Waals surface area (Å²) in [6.07, 6.45) is 6.68. The van der Waals surface area contributed by atoms with Gasteiger partial charge in [0.2, 0.25) is 0 Å². The fourth-order valence-corrected chi connectivity index (χ4v) is 2.36. The molecular weight excluding hydrogens is 262 g/mol. The molecule has 0 saturated carbocycles. The number of hydrogen-bond donors (Lipinski definition) is 1. The van der Waals surface area contributed by atoms with Crippen LogP contribution in [0.15, 0.2) is 43.0 Å². The first-order valence-corrected chi connectivity index (χ1v) is 7.63. The summed E-state index contributed by atoms with van der Waals surface area (Å²) >= 11 is 0. The second kappa shape index (κ2) is 7.84. The van der Waals surface area contributed by atoms with E-state index in [4.69, 9.17) is 4.74 Å². The fourth-order valence-electron chi connectivity index (χ4n) is 2.36. The highest BCUT2D eigenvalue weighted by Crippen LogP contribution is 2.18. The minimum absolute atomic E-state index is 0.309. The molecule has 0 saturated heterocycles. The Morgan fingerprint density at radius 3 is 2.62 bits per heavy atom. The first kappa shape index (κ1) is 15.6. The summed E-state index contributed by atoms with van der Waals surface area (Å²) < 4.78 is 7.70. The number of hydrogen-bond acceptors (Lipinski definition) is 3. The van der Waals surface area contributed by atoms with Crippen LogP contribution in [0, 0.1) is 0 Å². The predicted octanol–water partition coefficient (Wildman–Crippen LogP) is 3.41. The summed E-state index contributed by atoms with van der Waals surface area (Å²) in [5.41, 5.74) is 1.27. The van der Waals surface area contributed by atoms with Gasteiger partial charge < -0.3 is 14.6 Å². The van der Waals surface area contributed by atoms with Gasteiger partial charge in [-0.1, -0.05) is 19.1 Å². The molecule has 1 aromatic carbocycles. The molecule has 2 rings (SSSR count). The minimum atomic E-state index is 0.309. The summed E-state index contributed by atoms with van der Waals surface area (Å²) in [6.45, 7) is 8.18. The Kier molecular flexibility index (Phi) is 5.81. The lowest BCUT2D eigenvalue weighted by molar-refractivity contribution is 0.317. The van der Waals surface area contributed by atoms with Crippen LogP contribution in [0.3, 0.4) is 0 Å². The van der Waals surface area contributed by atoms with Crippen molar-refractivity contribution < 1.29 is 4.74 Å². The molecule has 0 bridgehead atoms. The van der Waals surface area contributed by atoms with Gasteiger partial charge in [-0.3, -0.25) is 0 Å². The fraction of sp³-hybridized carbons (Fsp3) is 0.471. The topological polar surface area (TPSA) is 39.1 Å². The Bertz CT molecular complexity index is 507. The molecule has 21 heavy (non-hydrogen) atoms. The number of nitrogens with one attached hydrogen (secondary N) is 1. The second-order valence-electron chi connectivity index (χ2n) is 5.47. The highest BCUT2D eigenvalue weighted by molar-refractivity contribution is 5.29. The predicted molar refractivity (Wildman–Crippen MR) is 85.5 cm³/mol. The molecule has 1 aromatic heterocycles. The van der Waals surface area contributed by atoms with E-state index in [1.165, 1.54) is 5.56 Å². The third-order valence-corrected chi connectivity index (χ3v) is 3.43. The zero-order valence-corrected chi connectivity index (χ0v) is 13.1. The minimum Gasteiger partial charge on any atom is -0.494 e. The normalized spacial score (nSPS) is 13.9. The summed E-state index contributed by atoms with van der Waals surface area (Å²) in [7, 11) is 0. The van der Waals surface area contributed by atoms with Crippen molar-refractivity contribution >= 4 is 0 Å². The molecule has 4 nitrogen and oxygen atoms in total. The molecule has 1 heterocycles. The molecule has 0 fully saturated rings. The first-order chi connectivity index (χ1) is 10.2. The smallest absolute Gasteiger partial charge is 0.119 e. The van der Waals surface area contributed by atoms with Gasteiger partial charge in [0.05, 0.1) is 12.9 Å². The van der Waals surface area contributed by atoms with E-state index < -0.39 is 0 Å². The van der Waals surface area contributed by atoms with Gasteiger partial charge in [0.25, 0.3) is 0 Å². The molecule has 0 amide bonds. The van der Waals surface area contributed by atoms with Gasteiger partial charge in [-0.05, 0) is 38.0 Å². The molecule has 0 radical (unpaired) electrons. The molecular formula is C17H25N3O. The van der Waals surface area contributed by atoms with Gasteiger partial charge in [-0.2, -0.15) is 0 Å². The van der Waals surface area contributed by atoms with Crippen LogP contribution in [0.1, 0.15) is 38.8 Å². The van der Waals surface area contributed by atoms with Gasteiger partial charge in [-0.25, -0.2) is 4.98 Å². The van der Waals surface area contributed by atoms with Crippen LogP contribution >= 0.6 is 0 Å². The maximum Gasteiger partial charge on any atom is 0.119 e. The average Bonchev–Trinajstić information content (AvgIpc) is 2.98. The van der Waals surface area contributed by atoms with Crippen molar-refractivity contribution in [1.82, 2.24) is 14.9 Å². The Morgan fingerprint density at radius 1 is 1.24 bits per heavy atom. The van der Waals surface area contributed by atoms with Crippen molar-refractivity contribution in [3.05, 3.63) is 48.5 Å². The molecule has 0 aliphatic carbocycles. The van der Waals surface area contributed by atoms with Gasteiger partial charge in [0.15, 0.2) is 0 Å². The average molecular weight is 287 g/mol. The second-order valence-corrected chi connectivity index (χ2v) is 5.47. The van der Waals surface area contributed by atoms with E-state index in [1.807, 2.05) is 30.9 Å². The van der Waals surface area contributed by atoms with Crippen molar-refractivity contribution in [1.29, 1.82) is 0 Å². The Labute approximate surface area is 127 Å². The number of benzene rings is 1. The first-order valence-electron chi connectivity index (χ1n) is 7.63. The van der Waals surface area contributed by atoms with Crippen LogP contribution in [0.25, 0.3) is 0 Å². The van der Waals surface area contributed by atoms with Gasteiger partial charge in [-0.15, -0.1) is 0 Å². The summed E-state index contributed by atoms with van der Waals surface area (Å²) in [4.78, 5) is 4.07. The number of rotatable bonds is 8. The van der Waals surface area contributed by atoms with E-state index in [9.17, 15) is 0 Å². The number of aromatic nitrogens is 2. The molecule has 2 unspecified atom stereocenters. The van der Waals surface area contributed by atoms with E-state index in [0.717, 1.165) is 25.3 Å². The van der Waals surface area contributed by atoms with Crippen LogP contribution in [-0.4, -0.2) is 22.2 Å². The van der Waals surface area contributed by atoms with Crippen molar-refractivity contribution in [3.8, 4) is 5.75 Å². The molecule has 0 spiro atoms. The van der Waals surface area contributed by atoms with Crippen molar-refractivity contribution in [2.75, 3.05) is 6.61 Å². The lowest BCUT2D eigenvalue weighted by Crippen LogP contribution is -2.32. The lowest BCUT2D eigenvalue weighted by atomic mass is 10.1. The van der Waals surface area contributed by atoms with Crippen LogP contribution in [0.4, 0.5) is 0 Å². The molecule has 2 atom stereocenters. The molecule has 0 aliphatic rings. The number of nitrogens with zero attached hydrogens (tertiary/aromatic N) is 2. The largest absolute Gasteiger partial charge is 0.494 e. The number of imidazole rings is 1. The Morgan fingerprint density at radius 2 is 2.00 bits per heavy atom. The quantitative estimate of drug-likeness (QED) is 0.808. The third-order valence-electron chi connectivity index (χ3n) is 3.43. The number of ether oxygens (including phenoxy) is 1. The molecule has 2 aromatic rings. The Balaban J connectivity index is 1.85. The monoisotopic (exact) mass is 287 g/mol. The Hall–Kier alpha value is -1.81. The van der Waals surface area contributed by atoms with E-state index in [-0.39, 0.29) is 0 Å². The zero-order chi connectivity index (χ0) is 15.1. The standard InChI is InChI=1S/C17H25N3O/c1-4-11-21-17-7-5-16(6-8-17)15(3)19-14(2)12-20-10-9-18-13-20/h5-10,13-15,19H,4,11-12H2,1-3H3. The molecule has 4 heteroatoms. The van der Waals surface area contributed by atoms with Crippen LogP contribution in [0.2, 0.25) is 0 Å². The van der Waals surface area contributed by atoms with Crippen LogP contribution in [-0.2, 0) is 6.54 Å². The van der Waals surface area contributed by atoms with E-state index in [1.54, 1.807) is 0 Å². The SMILES string of the molecule is CCCOc1ccc(C(C)NC(C)Cn2ccnc2)cc1. The van der Waals surface area contributed by atoms with Gasteiger partial charge in [0.1, 0.15) is 5.75 Å². The van der Waals surface area contributed by atoms with Crippen molar-refractivity contribution in [2.45, 2.75) is 45.8 Å². The lowest BCUT2D eigenvalue weighted by Gasteiger charge is -2.21. The maximum atomic E-state index is 5.61. The highest BCUT2D eigenvalue weighted by Gasteiger charge is 2.10. The van der Waals surface area contributed by atoms with E-state index in [2.05, 4.69) is 47.8 Å². The summed E-state index contributed by atoms with van der Waals surface area (Å²) in [6, 6.07) is 9.04. The molecule has 114 valence electrons. The zero-order valence-electron chi connectivity index (χ0n) is 13.1. The van der Waals surface area contributed by atoms with Crippen molar-refractivity contribution in [3.63, 3.8) is 0 Å². The van der Waals surface area contributed by atoms with Crippen LogP contribution < -0.4 is 10.1 Å². The summed E-state index contributed by atoms with van der Waals surface area (Å²) in [5, 5.41) is 3.61. The summed E-state index contributed by atoms with van der Waals surface area (Å²) in [5.74, 6) is 0.944. The van der Waals surface area contributed by atoms with Crippen molar-refractivity contribution in [2.24, 2.45) is 0 Å².